The molecule has 1 aliphatic rings. The quantitative estimate of drug-likeness (QED) is 0.748. The second-order valence-electron chi connectivity index (χ2n) is 4.04. The van der Waals surface area contributed by atoms with Crippen molar-refractivity contribution in [2.75, 3.05) is 5.32 Å². The highest BCUT2D eigenvalue weighted by Crippen LogP contribution is 2.22. The highest BCUT2D eigenvalue weighted by molar-refractivity contribution is 5.90. The van der Waals surface area contributed by atoms with Crippen molar-refractivity contribution < 1.29 is 4.79 Å². The molecule has 0 saturated carbocycles. The van der Waals surface area contributed by atoms with Crippen molar-refractivity contribution in [1.29, 1.82) is 0 Å². The monoisotopic (exact) mass is 226 g/mol. The van der Waals surface area contributed by atoms with Crippen molar-refractivity contribution in [3.8, 4) is 0 Å². The Morgan fingerprint density at radius 1 is 1.53 bits per heavy atom. The van der Waals surface area contributed by atoms with Crippen LogP contribution in [0.4, 0.5) is 5.82 Å². The van der Waals surface area contributed by atoms with Crippen molar-refractivity contribution in [3.05, 3.63) is 46.8 Å². The van der Waals surface area contributed by atoms with Gasteiger partial charge < -0.3 is 5.32 Å². The van der Waals surface area contributed by atoms with Crippen molar-refractivity contribution in [2.24, 2.45) is 0 Å². The number of amides is 1. The van der Waals surface area contributed by atoms with Crippen LogP contribution < -0.4 is 5.32 Å². The first-order valence-corrected chi connectivity index (χ1v) is 5.51. The lowest BCUT2D eigenvalue weighted by Crippen LogP contribution is -2.10. The normalized spacial score (nSPS) is 13.4. The summed E-state index contributed by atoms with van der Waals surface area (Å²) in [6.07, 6.45) is 8.28. The molecule has 1 aromatic heterocycles. The number of pyridine rings is 1. The summed E-state index contributed by atoms with van der Waals surface area (Å²) in [5.74, 6) is 0.513. The van der Waals surface area contributed by atoms with Gasteiger partial charge in [-0.2, -0.15) is 0 Å². The van der Waals surface area contributed by atoms with Crippen LogP contribution in [-0.2, 0) is 11.2 Å². The number of aromatic nitrogens is 1. The maximum Gasteiger partial charge on any atom is 0.222 e. The molecule has 17 heavy (non-hydrogen) atoms. The first kappa shape index (κ1) is 11.4. The van der Waals surface area contributed by atoms with E-state index >= 15 is 0 Å². The lowest BCUT2D eigenvalue weighted by Gasteiger charge is -2.11. The van der Waals surface area contributed by atoms with E-state index in [4.69, 9.17) is 0 Å². The number of carbonyl (C=O) groups excluding carboxylic acids is 1. The highest BCUT2D eigenvalue weighted by atomic mass is 16.1. The summed E-state index contributed by atoms with van der Waals surface area (Å²) >= 11 is 0. The van der Waals surface area contributed by atoms with Gasteiger partial charge in [0.25, 0.3) is 0 Å². The van der Waals surface area contributed by atoms with Gasteiger partial charge in [0.1, 0.15) is 5.82 Å². The Morgan fingerprint density at radius 2 is 2.35 bits per heavy atom. The van der Waals surface area contributed by atoms with Crippen molar-refractivity contribution in [3.63, 3.8) is 0 Å². The summed E-state index contributed by atoms with van der Waals surface area (Å²) in [4.78, 5) is 15.3. The van der Waals surface area contributed by atoms with Gasteiger partial charge in [-0.3, -0.25) is 4.79 Å². The fourth-order valence-electron chi connectivity index (χ4n) is 1.79. The smallest absolute Gasteiger partial charge is 0.222 e. The Morgan fingerprint density at radius 3 is 3.12 bits per heavy atom. The third kappa shape index (κ3) is 2.71. The van der Waals surface area contributed by atoms with Crippen LogP contribution in [0.15, 0.2) is 35.7 Å². The molecular weight excluding hydrogens is 212 g/mol. The van der Waals surface area contributed by atoms with E-state index in [0.717, 1.165) is 23.1 Å². The Hall–Kier alpha value is -2.12. The van der Waals surface area contributed by atoms with Crippen LogP contribution in [0.1, 0.15) is 25.0 Å². The van der Waals surface area contributed by atoms with Crippen LogP contribution in [0, 0.1) is 0 Å². The SMILES string of the molecule is CC(=O)Nc1nccc2c1C=CC=C=C(C)C2. The predicted molar refractivity (Wildman–Crippen MR) is 68.5 cm³/mol. The van der Waals surface area contributed by atoms with Crippen LogP contribution >= 0.6 is 0 Å². The average Bonchev–Trinajstić information content (AvgIpc) is 2.23. The molecular formula is C14H14N2O. The zero-order chi connectivity index (χ0) is 12.3. The van der Waals surface area contributed by atoms with Crippen molar-refractivity contribution in [1.82, 2.24) is 4.98 Å². The minimum atomic E-state index is -0.107. The van der Waals surface area contributed by atoms with Crippen molar-refractivity contribution in [2.45, 2.75) is 20.3 Å². The molecule has 0 spiro atoms. The van der Waals surface area contributed by atoms with Crippen LogP contribution in [0.25, 0.3) is 6.08 Å². The molecule has 1 aliphatic carbocycles. The van der Waals surface area contributed by atoms with E-state index < -0.39 is 0 Å². The summed E-state index contributed by atoms with van der Waals surface area (Å²) in [6, 6.07) is 1.97. The van der Waals surface area contributed by atoms with Crippen molar-refractivity contribution >= 4 is 17.8 Å². The van der Waals surface area contributed by atoms with E-state index in [9.17, 15) is 4.79 Å². The van der Waals surface area contributed by atoms with Gasteiger partial charge in [-0.05, 0) is 30.2 Å². The first-order valence-electron chi connectivity index (χ1n) is 5.51. The van der Waals surface area contributed by atoms with E-state index in [-0.39, 0.29) is 5.91 Å². The Bertz CT molecular complexity index is 549. The minimum Gasteiger partial charge on any atom is -0.310 e. The molecule has 0 atom stereocenters. The van der Waals surface area contributed by atoms with E-state index in [1.807, 2.05) is 31.2 Å². The maximum absolute atomic E-state index is 11.1. The Balaban J connectivity index is 2.49. The second kappa shape index (κ2) is 4.81. The van der Waals surface area contributed by atoms with Crippen LogP contribution in [0.2, 0.25) is 0 Å². The molecule has 0 aromatic carbocycles. The number of rotatable bonds is 1. The van der Waals surface area contributed by atoms with Crippen LogP contribution in [0.5, 0.6) is 0 Å². The third-order valence-corrected chi connectivity index (χ3v) is 2.52. The molecule has 1 amide bonds. The van der Waals surface area contributed by atoms with E-state index in [1.54, 1.807) is 6.20 Å². The topological polar surface area (TPSA) is 42.0 Å². The number of fused-ring (bicyclic) bond motifs is 1. The highest BCUT2D eigenvalue weighted by Gasteiger charge is 2.09. The summed E-state index contributed by atoms with van der Waals surface area (Å²) in [5.41, 5.74) is 6.47. The average molecular weight is 226 g/mol. The molecule has 0 aliphatic heterocycles. The fraction of sp³-hybridized carbons (Fsp3) is 0.214. The standard InChI is InChI=1S/C14H14N2O/c1-10-5-3-4-6-13-12(9-10)7-8-15-14(13)16-11(2)17/h3-4,6-8H,9H2,1-2H3,(H,15,16,17). The van der Waals surface area contributed by atoms with Gasteiger partial charge in [-0.1, -0.05) is 12.2 Å². The maximum atomic E-state index is 11.1. The lowest BCUT2D eigenvalue weighted by atomic mass is 10.00. The minimum absolute atomic E-state index is 0.107. The molecule has 1 aromatic rings. The second-order valence-corrected chi connectivity index (χ2v) is 4.04. The summed E-state index contributed by atoms with van der Waals surface area (Å²) < 4.78 is 0. The van der Waals surface area contributed by atoms with Gasteiger partial charge in [-0.25, -0.2) is 4.98 Å². The van der Waals surface area contributed by atoms with E-state index in [2.05, 4.69) is 16.0 Å². The molecule has 0 unspecified atom stereocenters. The van der Waals surface area contributed by atoms with E-state index in [0.29, 0.717) is 5.82 Å². The van der Waals surface area contributed by atoms with Gasteiger partial charge in [0, 0.05) is 25.1 Å². The summed E-state index contributed by atoms with van der Waals surface area (Å²) in [5, 5.41) is 2.75. The lowest BCUT2D eigenvalue weighted by molar-refractivity contribution is -0.114. The zero-order valence-corrected chi connectivity index (χ0v) is 9.95. The number of hydrogen-bond donors (Lipinski definition) is 1. The van der Waals surface area contributed by atoms with Crippen LogP contribution in [0.3, 0.4) is 0 Å². The molecule has 2 rings (SSSR count). The summed E-state index contributed by atoms with van der Waals surface area (Å²) in [7, 11) is 0. The Labute approximate surface area is 101 Å². The van der Waals surface area contributed by atoms with Gasteiger partial charge in [-0.15, -0.1) is 5.73 Å². The largest absolute Gasteiger partial charge is 0.310 e. The molecule has 0 bridgehead atoms. The van der Waals surface area contributed by atoms with E-state index in [1.165, 1.54) is 6.92 Å². The molecule has 0 saturated heterocycles. The zero-order valence-electron chi connectivity index (χ0n) is 9.95. The number of nitrogens with zero attached hydrogens (tertiary/aromatic N) is 1. The number of carbonyl (C=O) groups is 1. The number of anilines is 1. The molecule has 1 heterocycles. The molecule has 3 heteroatoms. The third-order valence-electron chi connectivity index (χ3n) is 2.52. The van der Waals surface area contributed by atoms with Crippen LogP contribution in [-0.4, -0.2) is 10.9 Å². The molecule has 0 fully saturated rings. The number of nitrogens with one attached hydrogen (secondary N) is 1. The predicted octanol–water partition coefficient (Wildman–Crippen LogP) is 2.71. The molecule has 86 valence electrons. The molecule has 1 N–H and O–H groups in total. The van der Waals surface area contributed by atoms with Gasteiger partial charge in [0.15, 0.2) is 0 Å². The molecule has 3 nitrogen and oxygen atoms in total. The fourth-order valence-corrected chi connectivity index (χ4v) is 1.79. The first-order chi connectivity index (χ1) is 8.16. The number of allylic oxidation sites excluding steroid dienone is 2. The number of hydrogen-bond acceptors (Lipinski definition) is 2. The van der Waals surface area contributed by atoms with Gasteiger partial charge in [0.05, 0.1) is 0 Å². The molecule has 0 radical (unpaired) electrons. The van der Waals surface area contributed by atoms with Gasteiger partial charge >= 0.3 is 0 Å². The van der Waals surface area contributed by atoms with Gasteiger partial charge in [0.2, 0.25) is 5.91 Å². The summed E-state index contributed by atoms with van der Waals surface area (Å²) in [6.45, 7) is 3.52. The Kier molecular flexibility index (Phi) is 3.22.